The lowest BCUT2D eigenvalue weighted by atomic mass is 9.91. The average molecular weight is 226 g/mol. The minimum absolute atomic E-state index is 0.120. The van der Waals surface area contributed by atoms with Crippen molar-refractivity contribution in [3.63, 3.8) is 0 Å². The second-order valence-corrected chi connectivity index (χ2v) is 4.94. The quantitative estimate of drug-likeness (QED) is 0.830. The Labute approximate surface area is 95.1 Å². The summed E-state index contributed by atoms with van der Waals surface area (Å²) in [5.41, 5.74) is 6.49. The molecule has 0 unspecified atom stereocenters. The van der Waals surface area contributed by atoms with E-state index >= 15 is 0 Å². The van der Waals surface area contributed by atoms with Gasteiger partial charge in [-0.25, -0.2) is 0 Å². The Hall–Kier alpha value is -0.570. The van der Waals surface area contributed by atoms with Crippen molar-refractivity contribution in [2.45, 2.75) is 19.4 Å². The predicted octanol–water partition coefficient (Wildman–Crippen LogP) is 2.36. The van der Waals surface area contributed by atoms with E-state index in [-0.39, 0.29) is 5.41 Å². The molecular weight excluding hydrogens is 210 g/mol. The van der Waals surface area contributed by atoms with Crippen molar-refractivity contribution in [1.82, 2.24) is 0 Å². The zero-order valence-electron chi connectivity index (χ0n) is 8.78. The third kappa shape index (κ3) is 1.78. The van der Waals surface area contributed by atoms with Crippen molar-refractivity contribution in [2.75, 3.05) is 6.54 Å². The molecular formula is C12H16ClNO. The molecule has 1 aromatic carbocycles. The van der Waals surface area contributed by atoms with E-state index in [1.54, 1.807) is 0 Å². The third-order valence-electron chi connectivity index (χ3n) is 3.60. The number of hydrogen-bond donors (Lipinski definition) is 2. The Morgan fingerprint density at radius 1 is 1.67 bits per heavy atom. The van der Waals surface area contributed by atoms with Crippen LogP contribution in [0.15, 0.2) is 24.3 Å². The molecule has 2 rings (SSSR count). The molecule has 0 bridgehead atoms. The van der Waals surface area contributed by atoms with Crippen LogP contribution in [0.5, 0.6) is 0 Å². The van der Waals surface area contributed by atoms with Gasteiger partial charge in [0, 0.05) is 17.0 Å². The summed E-state index contributed by atoms with van der Waals surface area (Å²) in [6.45, 7) is 2.66. The van der Waals surface area contributed by atoms with Gasteiger partial charge in [-0.3, -0.25) is 0 Å². The molecule has 0 aromatic heterocycles. The van der Waals surface area contributed by atoms with E-state index in [9.17, 15) is 5.11 Å². The highest BCUT2D eigenvalue weighted by molar-refractivity contribution is 6.30. The first kappa shape index (κ1) is 10.9. The summed E-state index contributed by atoms with van der Waals surface area (Å²) in [5.74, 6) is 0.497. The van der Waals surface area contributed by atoms with Crippen molar-refractivity contribution in [3.8, 4) is 0 Å². The summed E-state index contributed by atoms with van der Waals surface area (Å²) in [7, 11) is 0. The summed E-state index contributed by atoms with van der Waals surface area (Å²) in [4.78, 5) is 0. The molecule has 3 heteroatoms. The van der Waals surface area contributed by atoms with Crippen molar-refractivity contribution in [2.24, 2.45) is 17.1 Å². The summed E-state index contributed by atoms with van der Waals surface area (Å²) in [6, 6.07) is 7.38. The van der Waals surface area contributed by atoms with Gasteiger partial charge in [0.15, 0.2) is 0 Å². The van der Waals surface area contributed by atoms with Crippen LogP contribution in [0.1, 0.15) is 25.0 Å². The second-order valence-electron chi connectivity index (χ2n) is 4.50. The number of rotatable bonds is 3. The molecule has 1 aliphatic carbocycles. The van der Waals surface area contributed by atoms with Gasteiger partial charge in [-0.05, 0) is 30.0 Å². The summed E-state index contributed by atoms with van der Waals surface area (Å²) >= 11 is 5.90. The summed E-state index contributed by atoms with van der Waals surface area (Å²) in [6.07, 6.45) is 0.508. The first-order chi connectivity index (χ1) is 7.10. The van der Waals surface area contributed by atoms with Gasteiger partial charge in [0.2, 0.25) is 0 Å². The molecule has 0 heterocycles. The Kier molecular flexibility index (Phi) is 2.75. The first-order valence-corrected chi connectivity index (χ1v) is 5.61. The lowest BCUT2D eigenvalue weighted by Crippen LogP contribution is -2.25. The number of aliphatic hydroxyl groups excluding tert-OH is 1. The molecule has 15 heavy (non-hydrogen) atoms. The highest BCUT2D eigenvalue weighted by Crippen LogP contribution is 2.59. The van der Waals surface area contributed by atoms with Crippen LogP contribution < -0.4 is 5.73 Å². The normalized spacial score (nSPS) is 31.3. The average Bonchev–Trinajstić information content (AvgIpc) is 2.90. The van der Waals surface area contributed by atoms with Crippen LogP contribution in [0.4, 0.5) is 0 Å². The largest absolute Gasteiger partial charge is 0.388 e. The van der Waals surface area contributed by atoms with Gasteiger partial charge in [0.05, 0.1) is 6.10 Å². The molecule has 0 amide bonds. The maximum Gasteiger partial charge on any atom is 0.0861 e. The van der Waals surface area contributed by atoms with E-state index in [4.69, 9.17) is 17.3 Å². The molecule has 0 saturated heterocycles. The molecule has 3 N–H and O–H groups in total. The zero-order chi connectivity index (χ0) is 11.1. The lowest BCUT2D eigenvalue weighted by molar-refractivity contribution is 0.0889. The van der Waals surface area contributed by atoms with Gasteiger partial charge in [0.25, 0.3) is 0 Å². The van der Waals surface area contributed by atoms with Gasteiger partial charge in [-0.2, -0.15) is 0 Å². The maximum atomic E-state index is 10.3. The Bertz CT molecular complexity index is 364. The fourth-order valence-electron chi connectivity index (χ4n) is 2.30. The van der Waals surface area contributed by atoms with Crippen molar-refractivity contribution >= 4 is 11.6 Å². The Morgan fingerprint density at radius 2 is 2.33 bits per heavy atom. The van der Waals surface area contributed by atoms with Crippen LogP contribution in [0, 0.1) is 11.3 Å². The monoisotopic (exact) mass is 225 g/mol. The van der Waals surface area contributed by atoms with E-state index in [0.717, 1.165) is 12.0 Å². The van der Waals surface area contributed by atoms with Gasteiger partial charge in [0.1, 0.15) is 0 Å². The standard InChI is InChI=1S/C12H16ClNO/c1-8-6-12(8,7-14)11(15)9-3-2-4-10(13)5-9/h2-5,8,11,15H,6-7,14H2,1H3/t8-,11-,12-/m0/s1. The van der Waals surface area contributed by atoms with Crippen LogP contribution in [-0.2, 0) is 0 Å². The fourth-order valence-corrected chi connectivity index (χ4v) is 2.50. The van der Waals surface area contributed by atoms with Crippen molar-refractivity contribution in [1.29, 1.82) is 0 Å². The molecule has 1 aromatic rings. The Balaban J connectivity index is 2.25. The third-order valence-corrected chi connectivity index (χ3v) is 3.83. The van der Waals surface area contributed by atoms with Gasteiger partial charge >= 0.3 is 0 Å². The summed E-state index contributed by atoms with van der Waals surface area (Å²) < 4.78 is 0. The first-order valence-electron chi connectivity index (χ1n) is 5.24. The van der Waals surface area contributed by atoms with Gasteiger partial charge < -0.3 is 10.8 Å². The highest BCUT2D eigenvalue weighted by Gasteiger charge is 2.55. The predicted molar refractivity (Wildman–Crippen MR) is 61.7 cm³/mol. The fraction of sp³-hybridized carbons (Fsp3) is 0.500. The number of aliphatic hydroxyl groups is 1. The number of nitrogens with two attached hydrogens (primary N) is 1. The van der Waals surface area contributed by atoms with E-state index in [1.165, 1.54) is 0 Å². The lowest BCUT2D eigenvalue weighted by Gasteiger charge is -2.22. The van der Waals surface area contributed by atoms with Crippen molar-refractivity contribution in [3.05, 3.63) is 34.9 Å². The van der Waals surface area contributed by atoms with E-state index in [1.807, 2.05) is 24.3 Å². The molecule has 2 nitrogen and oxygen atoms in total. The highest BCUT2D eigenvalue weighted by atomic mass is 35.5. The van der Waals surface area contributed by atoms with Crippen LogP contribution in [0.25, 0.3) is 0 Å². The summed E-state index contributed by atoms with van der Waals surface area (Å²) in [5, 5.41) is 10.9. The zero-order valence-corrected chi connectivity index (χ0v) is 9.54. The Morgan fingerprint density at radius 3 is 2.80 bits per heavy atom. The van der Waals surface area contributed by atoms with E-state index < -0.39 is 6.10 Å². The van der Waals surface area contributed by atoms with E-state index in [0.29, 0.717) is 17.5 Å². The van der Waals surface area contributed by atoms with Crippen LogP contribution in [-0.4, -0.2) is 11.7 Å². The number of benzene rings is 1. The molecule has 82 valence electrons. The minimum atomic E-state index is -0.490. The molecule has 0 spiro atoms. The smallest absolute Gasteiger partial charge is 0.0861 e. The molecule has 0 aliphatic heterocycles. The molecule has 3 atom stereocenters. The molecule has 1 aliphatic rings. The van der Waals surface area contributed by atoms with Crippen molar-refractivity contribution < 1.29 is 5.11 Å². The van der Waals surface area contributed by atoms with Gasteiger partial charge in [-0.15, -0.1) is 0 Å². The molecule has 1 fully saturated rings. The van der Waals surface area contributed by atoms with Crippen LogP contribution in [0.2, 0.25) is 5.02 Å². The maximum absolute atomic E-state index is 10.3. The SMILES string of the molecule is C[C@H]1C[C@@]1(CN)[C@@H](O)c1cccc(Cl)c1. The molecule has 0 radical (unpaired) electrons. The number of hydrogen-bond acceptors (Lipinski definition) is 2. The number of halogens is 1. The second kappa shape index (κ2) is 3.78. The topological polar surface area (TPSA) is 46.2 Å². The molecule has 1 saturated carbocycles. The van der Waals surface area contributed by atoms with E-state index in [2.05, 4.69) is 6.92 Å². The van der Waals surface area contributed by atoms with Crippen LogP contribution in [0.3, 0.4) is 0 Å². The minimum Gasteiger partial charge on any atom is -0.388 e. The van der Waals surface area contributed by atoms with Crippen LogP contribution >= 0.6 is 11.6 Å². The van der Waals surface area contributed by atoms with Gasteiger partial charge in [-0.1, -0.05) is 30.7 Å².